The molecule has 1 unspecified atom stereocenters. The van der Waals surface area contributed by atoms with Crippen molar-refractivity contribution >= 4 is 18.5 Å². The lowest BCUT2D eigenvalue weighted by atomic mass is 9.78. The van der Waals surface area contributed by atoms with Gasteiger partial charge in [-0.05, 0) is 50.9 Å². The minimum atomic E-state index is -0.486. The van der Waals surface area contributed by atoms with Crippen molar-refractivity contribution < 1.29 is 18.8 Å². The summed E-state index contributed by atoms with van der Waals surface area (Å²) in [6.07, 6.45) is 0. The number of likely N-dealkylation sites (N-methyl/N-ethyl adjacent to an activating group) is 1. The molecule has 0 spiro atoms. The first-order valence-electron chi connectivity index (χ1n) is 9.64. The molecule has 146 valence electrons. The Balaban J connectivity index is 1.64. The van der Waals surface area contributed by atoms with Gasteiger partial charge in [0.2, 0.25) is 0 Å². The van der Waals surface area contributed by atoms with Crippen LogP contribution >= 0.6 is 0 Å². The molecule has 0 saturated carbocycles. The van der Waals surface area contributed by atoms with Gasteiger partial charge in [0.05, 0.1) is 22.8 Å². The van der Waals surface area contributed by atoms with Gasteiger partial charge in [0, 0.05) is 7.05 Å². The summed E-state index contributed by atoms with van der Waals surface area (Å²) < 4.78 is 18.4. The standard InChI is InChI=1S/C22H26BNO4/c1-21(2)22(3,4)28-23(27-21)16-11-12-17-19(13-16)26-14-18(24(5)20(17)25)15-9-7-6-8-10-15/h6-13,18H,14H2,1-5H3. The Hall–Kier alpha value is -2.31. The molecule has 6 heteroatoms. The molecule has 1 atom stereocenters. The van der Waals surface area contributed by atoms with E-state index in [-0.39, 0.29) is 11.9 Å². The Morgan fingerprint density at radius 3 is 2.29 bits per heavy atom. The molecule has 1 fully saturated rings. The van der Waals surface area contributed by atoms with Crippen LogP contribution in [-0.2, 0) is 9.31 Å². The lowest BCUT2D eigenvalue weighted by Gasteiger charge is -2.32. The fourth-order valence-electron chi connectivity index (χ4n) is 3.57. The third-order valence-corrected chi connectivity index (χ3v) is 6.13. The number of carbonyl (C=O) groups is 1. The van der Waals surface area contributed by atoms with Gasteiger partial charge in [-0.15, -0.1) is 0 Å². The normalized spacial score (nSPS) is 23.2. The first-order valence-corrected chi connectivity index (χ1v) is 9.64. The molecule has 4 rings (SSSR count). The molecule has 0 radical (unpaired) electrons. The number of ether oxygens (including phenoxy) is 1. The molecule has 0 N–H and O–H groups in total. The summed E-state index contributed by atoms with van der Waals surface area (Å²) in [5, 5.41) is 0. The van der Waals surface area contributed by atoms with Gasteiger partial charge in [-0.1, -0.05) is 36.4 Å². The third-order valence-electron chi connectivity index (χ3n) is 6.13. The maximum atomic E-state index is 13.0. The molecule has 2 aliphatic rings. The van der Waals surface area contributed by atoms with Crippen molar-refractivity contribution in [1.82, 2.24) is 4.90 Å². The van der Waals surface area contributed by atoms with E-state index in [9.17, 15) is 4.79 Å². The topological polar surface area (TPSA) is 48.0 Å². The predicted octanol–water partition coefficient (Wildman–Crippen LogP) is 3.19. The monoisotopic (exact) mass is 379 g/mol. The van der Waals surface area contributed by atoms with Crippen LogP contribution in [0.2, 0.25) is 0 Å². The third kappa shape index (κ3) is 3.10. The Morgan fingerprint density at radius 1 is 1.00 bits per heavy atom. The molecular weight excluding hydrogens is 353 g/mol. The summed E-state index contributed by atoms with van der Waals surface area (Å²) >= 11 is 0. The lowest BCUT2D eigenvalue weighted by Crippen LogP contribution is -2.41. The van der Waals surface area contributed by atoms with E-state index < -0.39 is 18.3 Å². The molecule has 0 bridgehead atoms. The largest absolute Gasteiger partial charge is 0.494 e. The van der Waals surface area contributed by atoms with Gasteiger partial charge >= 0.3 is 7.12 Å². The molecule has 0 aromatic heterocycles. The minimum Gasteiger partial charge on any atom is -0.490 e. The highest BCUT2D eigenvalue weighted by Gasteiger charge is 2.51. The lowest BCUT2D eigenvalue weighted by molar-refractivity contribution is 0.00578. The van der Waals surface area contributed by atoms with E-state index in [1.807, 2.05) is 83.3 Å². The highest BCUT2D eigenvalue weighted by molar-refractivity contribution is 6.62. The Labute approximate surface area is 166 Å². The Morgan fingerprint density at radius 2 is 1.64 bits per heavy atom. The van der Waals surface area contributed by atoms with Crippen LogP contribution in [0.15, 0.2) is 48.5 Å². The number of hydrogen-bond donors (Lipinski definition) is 0. The van der Waals surface area contributed by atoms with Gasteiger partial charge < -0.3 is 18.9 Å². The summed E-state index contributed by atoms with van der Waals surface area (Å²) in [7, 11) is 1.33. The zero-order chi connectivity index (χ0) is 20.1. The van der Waals surface area contributed by atoms with E-state index in [0.29, 0.717) is 17.9 Å². The van der Waals surface area contributed by atoms with Crippen molar-refractivity contribution in [3.05, 3.63) is 59.7 Å². The predicted molar refractivity (Wildman–Crippen MR) is 109 cm³/mol. The van der Waals surface area contributed by atoms with Gasteiger partial charge in [-0.2, -0.15) is 0 Å². The minimum absolute atomic E-state index is 0.0539. The van der Waals surface area contributed by atoms with Crippen LogP contribution in [-0.4, -0.2) is 42.8 Å². The van der Waals surface area contributed by atoms with Crippen molar-refractivity contribution in [3.8, 4) is 5.75 Å². The maximum Gasteiger partial charge on any atom is 0.494 e. The molecule has 2 aromatic rings. The van der Waals surface area contributed by atoms with Crippen LogP contribution in [0.25, 0.3) is 0 Å². The zero-order valence-electron chi connectivity index (χ0n) is 17.1. The Kier molecular flexibility index (Phi) is 4.51. The summed E-state index contributed by atoms with van der Waals surface area (Å²) in [6.45, 7) is 8.49. The first-order chi connectivity index (χ1) is 13.2. The van der Waals surface area contributed by atoms with Gasteiger partial charge in [0.15, 0.2) is 0 Å². The van der Waals surface area contributed by atoms with Crippen molar-refractivity contribution in [2.45, 2.75) is 44.9 Å². The molecule has 2 aromatic carbocycles. The van der Waals surface area contributed by atoms with E-state index in [4.69, 9.17) is 14.0 Å². The number of fused-ring (bicyclic) bond motifs is 1. The van der Waals surface area contributed by atoms with Gasteiger partial charge in [-0.3, -0.25) is 4.79 Å². The summed E-state index contributed by atoms with van der Waals surface area (Å²) in [6, 6.07) is 15.4. The Bertz CT molecular complexity index is 881. The number of hydrogen-bond acceptors (Lipinski definition) is 4. The highest BCUT2D eigenvalue weighted by atomic mass is 16.7. The average molecular weight is 379 g/mol. The van der Waals surface area contributed by atoms with E-state index >= 15 is 0 Å². The summed E-state index contributed by atoms with van der Waals surface area (Å²) in [5.41, 5.74) is 1.63. The molecule has 2 heterocycles. The second-order valence-electron chi connectivity index (χ2n) is 8.50. The van der Waals surface area contributed by atoms with Crippen LogP contribution in [0.1, 0.15) is 49.7 Å². The second-order valence-corrected chi connectivity index (χ2v) is 8.50. The molecule has 28 heavy (non-hydrogen) atoms. The van der Waals surface area contributed by atoms with Crippen molar-refractivity contribution in [1.29, 1.82) is 0 Å². The summed E-state index contributed by atoms with van der Waals surface area (Å²) in [4.78, 5) is 14.8. The molecule has 2 aliphatic heterocycles. The number of rotatable bonds is 2. The van der Waals surface area contributed by atoms with Crippen molar-refractivity contribution in [2.75, 3.05) is 13.7 Å². The SMILES string of the molecule is CN1C(=O)c2ccc(B3OC(C)(C)C(C)(C)O3)cc2OCC1c1ccccc1. The maximum absolute atomic E-state index is 13.0. The smallest absolute Gasteiger partial charge is 0.490 e. The summed E-state index contributed by atoms with van der Waals surface area (Å²) in [5.74, 6) is 0.518. The van der Waals surface area contributed by atoms with Crippen LogP contribution < -0.4 is 10.2 Å². The number of nitrogens with zero attached hydrogens (tertiary/aromatic N) is 1. The first kappa shape index (κ1) is 19.0. The molecule has 0 aliphatic carbocycles. The van der Waals surface area contributed by atoms with Crippen molar-refractivity contribution in [2.24, 2.45) is 0 Å². The second kappa shape index (κ2) is 6.64. The van der Waals surface area contributed by atoms with Gasteiger partial charge in [0.1, 0.15) is 12.4 Å². The van der Waals surface area contributed by atoms with Crippen LogP contribution in [0, 0.1) is 0 Å². The zero-order valence-corrected chi connectivity index (χ0v) is 17.1. The fraction of sp³-hybridized carbons (Fsp3) is 0.409. The van der Waals surface area contributed by atoms with E-state index in [1.165, 1.54) is 0 Å². The highest BCUT2D eigenvalue weighted by Crippen LogP contribution is 2.37. The molecular formula is C22H26BNO4. The van der Waals surface area contributed by atoms with Crippen LogP contribution in [0.3, 0.4) is 0 Å². The van der Waals surface area contributed by atoms with Crippen molar-refractivity contribution in [3.63, 3.8) is 0 Å². The average Bonchev–Trinajstić information content (AvgIpc) is 2.80. The number of benzene rings is 2. The molecule has 5 nitrogen and oxygen atoms in total. The number of carbonyl (C=O) groups excluding carboxylic acids is 1. The van der Waals surface area contributed by atoms with Gasteiger partial charge in [0.25, 0.3) is 5.91 Å². The van der Waals surface area contributed by atoms with E-state index in [2.05, 4.69) is 0 Å². The molecule has 1 saturated heterocycles. The van der Waals surface area contributed by atoms with E-state index in [1.54, 1.807) is 4.90 Å². The number of amides is 1. The van der Waals surface area contributed by atoms with Gasteiger partial charge in [-0.25, -0.2) is 0 Å². The van der Waals surface area contributed by atoms with E-state index in [0.717, 1.165) is 11.0 Å². The molecule has 1 amide bonds. The fourth-order valence-corrected chi connectivity index (χ4v) is 3.57. The van der Waals surface area contributed by atoms with Crippen LogP contribution in [0.5, 0.6) is 5.75 Å². The quantitative estimate of drug-likeness (QED) is 0.752. The van der Waals surface area contributed by atoms with Crippen LogP contribution in [0.4, 0.5) is 0 Å².